The SMILES string of the molecule is O=C(Cc1ccc(Br)cc1)N1CCc2[nH]c3ccc(F)cc3c2C1. The van der Waals surface area contributed by atoms with Gasteiger partial charge in [-0.2, -0.15) is 0 Å². The van der Waals surface area contributed by atoms with Crippen LogP contribution in [0.5, 0.6) is 0 Å². The normalized spacial score (nSPS) is 14.0. The van der Waals surface area contributed by atoms with Gasteiger partial charge in [-0.25, -0.2) is 4.39 Å². The lowest BCUT2D eigenvalue weighted by atomic mass is 10.0. The van der Waals surface area contributed by atoms with Crippen molar-refractivity contribution in [2.24, 2.45) is 0 Å². The van der Waals surface area contributed by atoms with Crippen LogP contribution in [0, 0.1) is 5.82 Å². The van der Waals surface area contributed by atoms with E-state index in [9.17, 15) is 9.18 Å². The van der Waals surface area contributed by atoms with Crippen LogP contribution < -0.4 is 0 Å². The second kappa shape index (κ2) is 6.06. The topological polar surface area (TPSA) is 36.1 Å². The molecule has 0 saturated carbocycles. The van der Waals surface area contributed by atoms with Crippen LogP contribution in [0.1, 0.15) is 16.8 Å². The number of aromatic nitrogens is 1. The number of amides is 1. The predicted molar refractivity (Wildman–Crippen MR) is 95.2 cm³/mol. The summed E-state index contributed by atoms with van der Waals surface area (Å²) in [7, 11) is 0. The lowest BCUT2D eigenvalue weighted by Crippen LogP contribution is -2.36. The molecule has 2 aromatic carbocycles. The minimum absolute atomic E-state index is 0.105. The second-order valence-corrected chi connectivity index (χ2v) is 7.06. The Morgan fingerprint density at radius 3 is 2.79 bits per heavy atom. The van der Waals surface area contributed by atoms with Crippen molar-refractivity contribution in [2.45, 2.75) is 19.4 Å². The van der Waals surface area contributed by atoms with Gasteiger partial charge in [0.15, 0.2) is 0 Å². The second-order valence-electron chi connectivity index (χ2n) is 6.14. The molecule has 1 aliphatic heterocycles. The zero-order valence-corrected chi connectivity index (χ0v) is 14.6. The molecule has 24 heavy (non-hydrogen) atoms. The van der Waals surface area contributed by atoms with Gasteiger partial charge in [-0.05, 0) is 35.9 Å². The Hall–Kier alpha value is -2.14. The average Bonchev–Trinajstić information content (AvgIpc) is 2.94. The maximum Gasteiger partial charge on any atom is 0.227 e. The van der Waals surface area contributed by atoms with Gasteiger partial charge >= 0.3 is 0 Å². The number of nitrogens with zero attached hydrogens (tertiary/aromatic N) is 1. The van der Waals surface area contributed by atoms with Crippen molar-refractivity contribution < 1.29 is 9.18 Å². The summed E-state index contributed by atoms with van der Waals surface area (Å²) in [5, 5.41) is 0.881. The summed E-state index contributed by atoms with van der Waals surface area (Å²) in [6.45, 7) is 1.23. The fourth-order valence-electron chi connectivity index (χ4n) is 3.29. The molecule has 0 radical (unpaired) electrons. The van der Waals surface area contributed by atoms with E-state index in [1.54, 1.807) is 12.1 Å². The molecule has 0 saturated heterocycles. The van der Waals surface area contributed by atoms with Crippen molar-refractivity contribution in [3.8, 4) is 0 Å². The van der Waals surface area contributed by atoms with Crippen molar-refractivity contribution in [2.75, 3.05) is 6.54 Å². The number of benzene rings is 2. The van der Waals surface area contributed by atoms with Crippen LogP contribution in [-0.4, -0.2) is 22.3 Å². The minimum Gasteiger partial charge on any atom is -0.358 e. The van der Waals surface area contributed by atoms with Crippen molar-refractivity contribution in [1.29, 1.82) is 0 Å². The summed E-state index contributed by atoms with van der Waals surface area (Å²) in [5.41, 5.74) is 4.09. The number of halogens is 2. The maximum atomic E-state index is 13.6. The molecule has 2 heterocycles. The average molecular weight is 387 g/mol. The van der Waals surface area contributed by atoms with Gasteiger partial charge in [-0.3, -0.25) is 4.79 Å². The third-order valence-corrected chi connectivity index (χ3v) is 5.09. The number of hydrogen-bond acceptors (Lipinski definition) is 1. The first kappa shape index (κ1) is 15.4. The molecule has 0 fully saturated rings. The summed E-state index contributed by atoms with van der Waals surface area (Å²) in [5.74, 6) is -0.142. The molecule has 1 aromatic heterocycles. The minimum atomic E-state index is -0.248. The fourth-order valence-corrected chi connectivity index (χ4v) is 3.55. The Labute approximate surface area is 147 Å². The van der Waals surface area contributed by atoms with Gasteiger partial charge in [-0.1, -0.05) is 28.1 Å². The number of aromatic amines is 1. The fraction of sp³-hybridized carbons (Fsp3) is 0.211. The Kier molecular flexibility index (Phi) is 3.88. The lowest BCUT2D eigenvalue weighted by molar-refractivity contribution is -0.131. The molecular formula is C19H16BrFN2O. The van der Waals surface area contributed by atoms with Gasteiger partial charge in [0.25, 0.3) is 0 Å². The number of H-pyrrole nitrogens is 1. The van der Waals surface area contributed by atoms with Crippen LogP contribution in [0.4, 0.5) is 4.39 Å². The summed E-state index contributed by atoms with van der Waals surface area (Å²) in [6, 6.07) is 12.6. The van der Waals surface area contributed by atoms with E-state index >= 15 is 0 Å². The zero-order chi connectivity index (χ0) is 16.7. The summed E-state index contributed by atoms with van der Waals surface area (Å²) in [6.07, 6.45) is 1.16. The molecule has 3 nitrogen and oxygen atoms in total. The Morgan fingerprint density at radius 1 is 1.21 bits per heavy atom. The summed E-state index contributed by atoms with van der Waals surface area (Å²) >= 11 is 3.40. The third-order valence-electron chi connectivity index (χ3n) is 4.56. The van der Waals surface area contributed by atoms with E-state index in [0.29, 0.717) is 19.5 Å². The standard InChI is InChI=1S/C19H16BrFN2O/c20-13-3-1-12(2-4-13)9-19(24)23-8-7-18-16(11-23)15-10-14(21)5-6-17(15)22-18/h1-6,10,22H,7-9,11H2. The monoisotopic (exact) mass is 386 g/mol. The van der Waals surface area contributed by atoms with Gasteiger partial charge < -0.3 is 9.88 Å². The van der Waals surface area contributed by atoms with Gasteiger partial charge in [0, 0.05) is 46.1 Å². The zero-order valence-electron chi connectivity index (χ0n) is 13.0. The van der Waals surface area contributed by atoms with Gasteiger partial charge in [0.1, 0.15) is 5.82 Å². The molecule has 122 valence electrons. The maximum absolute atomic E-state index is 13.6. The molecule has 0 atom stereocenters. The van der Waals surface area contributed by atoms with E-state index in [1.165, 1.54) is 6.07 Å². The highest BCUT2D eigenvalue weighted by Gasteiger charge is 2.24. The molecule has 0 unspecified atom stereocenters. The highest BCUT2D eigenvalue weighted by atomic mass is 79.9. The van der Waals surface area contributed by atoms with Crippen LogP contribution in [0.25, 0.3) is 10.9 Å². The Bertz CT molecular complexity index is 917. The van der Waals surface area contributed by atoms with E-state index in [1.807, 2.05) is 29.2 Å². The number of carbonyl (C=O) groups excluding carboxylic acids is 1. The number of carbonyl (C=O) groups is 1. The quantitative estimate of drug-likeness (QED) is 0.703. The van der Waals surface area contributed by atoms with E-state index in [2.05, 4.69) is 20.9 Å². The van der Waals surface area contributed by atoms with Gasteiger partial charge in [0.2, 0.25) is 5.91 Å². The van der Waals surface area contributed by atoms with Crippen LogP contribution in [-0.2, 0) is 24.2 Å². The van der Waals surface area contributed by atoms with Crippen LogP contribution in [0.2, 0.25) is 0 Å². The van der Waals surface area contributed by atoms with E-state index in [-0.39, 0.29) is 11.7 Å². The highest BCUT2D eigenvalue weighted by Crippen LogP contribution is 2.28. The molecule has 5 heteroatoms. The summed E-state index contributed by atoms with van der Waals surface area (Å²) in [4.78, 5) is 17.8. The van der Waals surface area contributed by atoms with E-state index < -0.39 is 0 Å². The molecule has 0 spiro atoms. The van der Waals surface area contributed by atoms with Crippen LogP contribution in [0.3, 0.4) is 0 Å². The van der Waals surface area contributed by atoms with Crippen LogP contribution >= 0.6 is 15.9 Å². The first-order chi connectivity index (χ1) is 11.6. The number of rotatable bonds is 2. The van der Waals surface area contributed by atoms with Crippen molar-refractivity contribution in [3.63, 3.8) is 0 Å². The number of hydrogen-bond donors (Lipinski definition) is 1. The smallest absolute Gasteiger partial charge is 0.227 e. The van der Waals surface area contributed by atoms with E-state index in [0.717, 1.165) is 38.6 Å². The molecular weight excluding hydrogens is 371 g/mol. The molecule has 1 aliphatic rings. The molecule has 3 aromatic rings. The first-order valence-electron chi connectivity index (χ1n) is 7.91. The van der Waals surface area contributed by atoms with Crippen molar-refractivity contribution >= 4 is 32.7 Å². The predicted octanol–water partition coefficient (Wildman–Crippen LogP) is 4.20. The van der Waals surface area contributed by atoms with Crippen molar-refractivity contribution in [3.05, 3.63) is 69.6 Å². The first-order valence-corrected chi connectivity index (χ1v) is 8.70. The molecule has 1 amide bonds. The highest BCUT2D eigenvalue weighted by molar-refractivity contribution is 9.10. The Balaban J connectivity index is 1.57. The lowest BCUT2D eigenvalue weighted by Gasteiger charge is -2.27. The largest absolute Gasteiger partial charge is 0.358 e. The van der Waals surface area contributed by atoms with Gasteiger partial charge in [0.05, 0.1) is 6.42 Å². The number of fused-ring (bicyclic) bond motifs is 3. The third kappa shape index (κ3) is 2.84. The number of nitrogens with one attached hydrogen (secondary N) is 1. The summed E-state index contributed by atoms with van der Waals surface area (Å²) < 4.78 is 14.6. The van der Waals surface area contributed by atoms with Crippen molar-refractivity contribution in [1.82, 2.24) is 9.88 Å². The van der Waals surface area contributed by atoms with Gasteiger partial charge in [-0.15, -0.1) is 0 Å². The van der Waals surface area contributed by atoms with Crippen LogP contribution in [0.15, 0.2) is 46.9 Å². The molecule has 0 bridgehead atoms. The van der Waals surface area contributed by atoms with E-state index in [4.69, 9.17) is 0 Å². The molecule has 0 aliphatic carbocycles. The molecule has 1 N–H and O–H groups in total. The molecule has 4 rings (SSSR count). The Morgan fingerprint density at radius 2 is 2.00 bits per heavy atom.